The number of nitrogens with zero attached hydrogens (tertiary/aromatic N) is 2. The molecule has 4 nitrogen and oxygen atoms in total. The van der Waals surface area contributed by atoms with Crippen molar-refractivity contribution < 1.29 is 4.79 Å². The highest BCUT2D eigenvalue weighted by atomic mass is 16.2. The standard InChI is InChI=1S/C17H23N3O/c1-17(2,3)16(21)19-14-5-4-10-20(12-14)15-8-6-13(11-18)7-9-15/h6-9,14H,4-5,10,12H2,1-3H3,(H,19,21). The van der Waals surface area contributed by atoms with E-state index in [1.807, 2.05) is 45.0 Å². The number of carbonyl (C=O) groups excluding carboxylic acids is 1. The van der Waals surface area contributed by atoms with Gasteiger partial charge in [0.05, 0.1) is 11.6 Å². The molecule has 112 valence electrons. The van der Waals surface area contributed by atoms with Gasteiger partial charge < -0.3 is 10.2 Å². The number of hydrogen-bond donors (Lipinski definition) is 1. The summed E-state index contributed by atoms with van der Waals surface area (Å²) in [7, 11) is 0. The molecule has 1 atom stereocenters. The van der Waals surface area contributed by atoms with Gasteiger partial charge in [-0.15, -0.1) is 0 Å². The molecule has 21 heavy (non-hydrogen) atoms. The van der Waals surface area contributed by atoms with Crippen molar-refractivity contribution in [2.45, 2.75) is 39.7 Å². The number of nitrogens with one attached hydrogen (secondary N) is 1. The van der Waals surface area contributed by atoms with Crippen LogP contribution in [0.25, 0.3) is 0 Å². The summed E-state index contributed by atoms with van der Waals surface area (Å²) in [5.41, 5.74) is 1.44. The third kappa shape index (κ3) is 3.98. The van der Waals surface area contributed by atoms with Crippen LogP contribution in [-0.4, -0.2) is 25.0 Å². The summed E-state index contributed by atoms with van der Waals surface area (Å²) in [5, 5.41) is 12.0. The smallest absolute Gasteiger partial charge is 0.225 e. The monoisotopic (exact) mass is 285 g/mol. The summed E-state index contributed by atoms with van der Waals surface area (Å²) in [6, 6.07) is 9.97. The van der Waals surface area contributed by atoms with Gasteiger partial charge in [0, 0.05) is 30.2 Å². The maximum atomic E-state index is 12.1. The molecule has 1 N–H and O–H groups in total. The Morgan fingerprint density at radius 1 is 1.33 bits per heavy atom. The number of hydrogen-bond acceptors (Lipinski definition) is 3. The molecule has 1 aliphatic rings. The molecule has 0 saturated carbocycles. The lowest BCUT2D eigenvalue weighted by Crippen LogP contribution is -2.50. The van der Waals surface area contributed by atoms with Crippen molar-refractivity contribution in [3.8, 4) is 6.07 Å². The Morgan fingerprint density at radius 3 is 2.57 bits per heavy atom. The van der Waals surface area contributed by atoms with Gasteiger partial charge >= 0.3 is 0 Å². The Balaban J connectivity index is 2.00. The van der Waals surface area contributed by atoms with Gasteiger partial charge in [0.25, 0.3) is 0 Å². The number of nitriles is 1. The molecule has 0 aliphatic carbocycles. The van der Waals surface area contributed by atoms with Crippen molar-refractivity contribution in [2.24, 2.45) is 5.41 Å². The normalized spacial score (nSPS) is 19.0. The van der Waals surface area contributed by atoms with Crippen molar-refractivity contribution in [1.82, 2.24) is 5.32 Å². The van der Waals surface area contributed by atoms with Crippen LogP contribution in [0.15, 0.2) is 24.3 Å². The fourth-order valence-corrected chi connectivity index (χ4v) is 2.48. The number of rotatable bonds is 2. The second-order valence-corrected chi connectivity index (χ2v) is 6.67. The molecule has 1 saturated heterocycles. The summed E-state index contributed by atoms with van der Waals surface area (Å²) in [6.07, 6.45) is 2.09. The average Bonchev–Trinajstić information content (AvgIpc) is 2.46. The first kappa shape index (κ1) is 15.4. The molecular weight excluding hydrogens is 262 g/mol. The quantitative estimate of drug-likeness (QED) is 0.909. The van der Waals surface area contributed by atoms with E-state index in [0.29, 0.717) is 5.56 Å². The van der Waals surface area contributed by atoms with Gasteiger partial charge in [0.1, 0.15) is 0 Å². The Morgan fingerprint density at radius 2 is 2.00 bits per heavy atom. The molecule has 0 bridgehead atoms. The van der Waals surface area contributed by atoms with Crippen molar-refractivity contribution in [2.75, 3.05) is 18.0 Å². The maximum Gasteiger partial charge on any atom is 0.225 e. The van der Waals surface area contributed by atoms with E-state index in [0.717, 1.165) is 31.6 Å². The van der Waals surface area contributed by atoms with Gasteiger partial charge in [0.2, 0.25) is 5.91 Å². The summed E-state index contributed by atoms with van der Waals surface area (Å²) in [4.78, 5) is 14.4. The molecule has 0 spiro atoms. The lowest BCUT2D eigenvalue weighted by atomic mass is 9.94. The zero-order valence-corrected chi connectivity index (χ0v) is 13.0. The first-order valence-electron chi connectivity index (χ1n) is 7.46. The molecular formula is C17H23N3O. The van der Waals surface area contributed by atoms with Gasteiger partial charge in [-0.1, -0.05) is 20.8 Å². The number of benzene rings is 1. The van der Waals surface area contributed by atoms with E-state index in [4.69, 9.17) is 5.26 Å². The molecule has 1 unspecified atom stereocenters. The molecule has 1 aromatic carbocycles. The Kier molecular flexibility index (Phi) is 4.52. The van der Waals surface area contributed by atoms with Crippen LogP contribution in [0.1, 0.15) is 39.2 Å². The first-order chi connectivity index (χ1) is 9.90. The van der Waals surface area contributed by atoms with E-state index in [2.05, 4.69) is 16.3 Å². The van der Waals surface area contributed by atoms with Crippen LogP contribution in [0.3, 0.4) is 0 Å². The van der Waals surface area contributed by atoms with E-state index in [1.54, 1.807) is 0 Å². The number of piperidine rings is 1. The second-order valence-electron chi connectivity index (χ2n) is 6.67. The minimum atomic E-state index is -0.350. The van der Waals surface area contributed by atoms with Crippen molar-refractivity contribution in [3.05, 3.63) is 29.8 Å². The van der Waals surface area contributed by atoms with Crippen LogP contribution in [0.5, 0.6) is 0 Å². The topological polar surface area (TPSA) is 56.1 Å². The van der Waals surface area contributed by atoms with Crippen LogP contribution >= 0.6 is 0 Å². The highest BCUT2D eigenvalue weighted by Crippen LogP contribution is 2.21. The highest BCUT2D eigenvalue weighted by Gasteiger charge is 2.27. The summed E-state index contributed by atoms with van der Waals surface area (Å²) in [5.74, 6) is 0.106. The fraction of sp³-hybridized carbons (Fsp3) is 0.529. The number of carbonyl (C=O) groups is 1. The van der Waals surface area contributed by atoms with Gasteiger partial charge in [-0.25, -0.2) is 0 Å². The zero-order chi connectivity index (χ0) is 15.5. The molecule has 1 fully saturated rings. The largest absolute Gasteiger partial charge is 0.369 e. The molecule has 4 heteroatoms. The molecule has 1 heterocycles. The molecule has 1 aromatic rings. The van der Waals surface area contributed by atoms with E-state index in [-0.39, 0.29) is 17.4 Å². The van der Waals surface area contributed by atoms with Gasteiger partial charge in [-0.3, -0.25) is 4.79 Å². The SMILES string of the molecule is CC(C)(C)C(=O)NC1CCCN(c2ccc(C#N)cc2)C1. The van der Waals surface area contributed by atoms with Crippen molar-refractivity contribution >= 4 is 11.6 Å². The lowest BCUT2D eigenvalue weighted by molar-refractivity contribution is -0.129. The summed E-state index contributed by atoms with van der Waals surface area (Å²) >= 11 is 0. The van der Waals surface area contributed by atoms with E-state index in [1.165, 1.54) is 0 Å². The molecule has 1 aliphatic heterocycles. The second kappa shape index (κ2) is 6.17. The number of anilines is 1. The van der Waals surface area contributed by atoms with Crippen LogP contribution in [-0.2, 0) is 4.79 Å². The third-order valence-corrected chi connectivity index (χ3v) is 3.80. The average molecular weight is 285 g/mol. The van der Waals surface area contributed by atoms with Crippen LogP contribution in [0.2, 0.25) is 0 Å². The van der Waals surface area contributed by atoms with Crippen LogP contribution in [0.4, 0.5) is 5.69 Å². The van der Waals surface area contributed by atoms with Crippen LogP contribution in [0, 0.1) is 16.7 Å². The highest BCUT2D eigenvalue weighted by molar-refractivity contribution is 5.81. The predicted octanol–water partition coefficient (Wildman–Crippen LogP) is 2.69. The van der Waals surface area contributed by atoms with E-state index in [9.17, 15) is 4.79 Å². The summed E-state index contributed by atoms with van der Waals surface area (Å²) in [6.45, 7) is 7.62. The Labute approximate surface area is 126 Å². The van der Waals surface area contributed by atoms with Gasteiger partial charge in [-0.05, 0) is 37.1 Å². The molecule has 2 rings (SSSR count). The van der Waals surface area contributed by atoms with Gasteiger partial charge in [-0.2, -0.15) is 5.26 Å². The minimum absolute atomic E-state index is 0.106. The zero-order valence-electron chi connectivity index (χ0n) is 13.0. The van der Waals surface area contributed by atoms with Crippen LogP contribution < -0.4 is 10.2 Å². The van der Waals surface area contributed by atoms with E-state index < -0.39 is 0 Å². The predicted molar refractivity (Wildman–Crippen MR) is 84.0 cm³/mol. The fourth-order valence-electron chi connectivity index (χ4n) is 2.48. The third-order valence-electron chi connectivity index (χ3n) is 3.80. The minimum Gasteiger partial charge on any atom is -0.369 e. The number of amides is 1. The Bertz CT molecular complexity index is 537. The maximum absolute atomic E-state index is 12.1. The van der Waals surface area contributed by atoms with Crippen molar-refractivity contribution in [1.29, 1.82) is 5.26 Å². The Hall–Kier alpha value is -2.02. The molecule has 1 amide bonds. The first-order valence-corrected chi connectivity index (χ1v) is 7.46. The molecule has 0 radical (unpaired) electrons. The van der Waals surface area contributed by atoms with E-state index >= 15 is 0 Å². The van der Waals surface area contributed by atoms with Gasteiger partial charge in [0.15, 0.2) is 0 Å². The molecule has 0 aromatic heterocycles. The summed E-state index contributed by atoms with van der Waals surface area (Å²) < 4.78 is 0. The lowest BCUT2D eigenvalue weighted by Gasteiger charge is -2.36. The van der Waals surface area contributed by atoms with Crippen molar-refractivity contribution in [3.63, 3.8) is 0 Å².